The molecule has 4 aromatic heterocycles. The number of pyridine rings is 2. The van der Waals surface area contributed by atoms with Gasteiger partial charge in [-0.15, -0.1) is 10.2 Å². The third-order valence-electron chi connectivity index (χ3n) is 7.21. The first-order chi connectivity index (χ1) is 20.5. The molecule has 0 bridgehead atoms. The van der Waals surface area contributed by atoms with E-state index in [-0.39, 0.29) is 36.5 Å². The molecule has 12 nitrogen and oxygen atoms in total. The molecule has 0 aliphatic heterocycles. The highest BCUT2D eigenvalue weighted by atomic mass is 16.5. The second-order valence-electron chi connectivity index (χ2n) is 10.0. The Balaban J connectivity index is 1.14. The van der Waals surface area contributed by atoms with E-state index in [2.05, 4.69) is 41.0 Å². The van der Waals surface area contributed by atoms with Crippen LogP contribution in [0.15, 0.2) is 60.9 Å². The summed E-state index contributed by atoms with van der Waals surface area (Å²) < 4.78 is 10.5. The maximum Gasteiger partial charge on any atom is 0.231 e. The highest BCUT2D eigenvalue weighted by molar-refractivity contribution is 5.92. The Morgan fingerprint density at radius 2 is 1.19 bits per heavy atom. The minimum Gasteiger partial charge on any atom is -0.495 e. The molecule has 4 heterocycles. The van der Waals surface area contributed by atoms with Crippen LogP contribution in [0, 0.1) is 0 Å². The first-order valence-electron chi connectivity index (χ1n) is 13.7. The van der Waals surface area contributed by atoms with E-state index in [1.807, 2.05) is 12.1 Å². The molecule has 2 amide bonds. The Labute approximate surface area is 243 Å². The van der Waals surface area contributed by atoms with Gasteiger partial charge < -0.3 is 20.1 Å². The molecule has 42 heavy (non-hydrogen) atoms. The SMILES string of the molecule is COc1cccnc1CC(=O)Nc1ccc(C2CCCC(c3ccc(NC(=O)Cc4ncccc4OC)nn3)C2)nn1. The van der Waals surface area contributed by atoms with Crippen LogP contribution < -0.4 is 20.1 Å². The predicted octanol–water partition coefficient (Wildman–Crippen LogP) is 3.88. The summed E-state index contributed by atoms with van der Waals surface area (Å²) in [5.74, 6) is 1.83. The second kappa shape index (κ2) is 13.6. The topological polar surface area (TPSA) is 154 Å². The van der Waals surface area contributed by atoms with Gasteiger partial charge in [0.25, 0.3) is 0 Å². The number of anilines is 2. The van der Waals surface area contributed by atoms with E-state index in [1.54, 1.807) is 63.0 Å². The normalized spacial score (nSPS) is 16.3. The Bertz CT molecular complexity index is 1400. The van der Waals surface area contributed by atoms with E-state index in [4.69, 9.17) is 9.47 Å². The number of carbonyl (C=O) groups excluding carboxylic acids is 2. The van der Waals surface area contributed by atoms with Crippen LogP contribution in [-0.4, -0.2) is 56.4 Å². The van der Waals surface area contributed by atoms with Crippen molar-refractivity contribution in [2.45, 2.75) is 50.4 Å². The maximum atomic E-state index is 12.5. The number of nitrogens with one attached hydrogen (secondary N) is 2. The summed E-state index contributed by atoms with van der Waals surface area (Å²) in [4.78, 5) is 33.5. The van der Waals surface area contributed by atoms with Crippen molar-refractivity contribution in [1.82, 2.24) is 30.4 Å². The number of methoxy groups -OCH3 is 2. The van der Waals surface area contributed by atoms with Gasteiger partial charge in [-0.2, -0.15) is 10.2 Å². The molecule has 0 spiro atoms. The first-order valence-corrected chi connectivity index (χ1v) is 13.7. The van der Waals surface area contributed by atoms with Crippen LogP contribution in [0.25, 0.3) is 0 Å². The minimum absolute atomic E-state index is 0.0697. The number of rotatable bonds is 10. The van der Waals surface area contributed by atoms with Gasteiger partial charge in [-0.25, -0.2) is 0 Å². The van der Waals surface area contributed by atoms with Crippen molar-refractivity contribution < 1.29 is 19.1 Å². The molecule has 2 unspecified atom stereocenters. The smallest absolute Gasteiger partial charge is 0.231 e. The van der Waals surface area contributed by atoms with Gasteiger partial charge >= 0.3 is 0 Å². The Hall–Kier alpha value is -5.00. The average Bonchev–Trinajstić information content (AvgIpc) is 3.02. The summed E-state index contributed by atoms with van der Waals surface area (Å²) in [6.45, 7) is 0. The molecule has 1 saturated carbocycles. The molecule has 1 fully saturated rings. The summed E-state index contributed by atoms with van der Waals surface area (Å²) in [7, 11) is 3.09. The van der Waals surface area contributed by atoms with Gasteiger partial charge in [0.2, 0.25) is 11.8 Å². The largest absolute Gasteiger partial charge is 0.495 e. The zero-order chi connectivity index (χ0) is 29.3. The van der Waals surface area contributed by atoms with E-state index < -0.39 is 0 Å². The van der Waals surface area contributed by atoms with Crippen molar-refractivity contribution in [1.29, 1.82) is 0 Å². The third kappa shape index (κ3) is 7.19. The molecule has 2 N–H and O–H groups in total. The summed E-state index contributed by atoms with van der Waals surface area (Å²) in [5, 5.41) is 22.9. The van der Waals surface area contributed by atoms with Gasteiger partial charge in [0, 0.05) is 24.2 Å². The van der Waals surface area contributed by atoms with E-state index >= 15 is 0 Å². The molecule has 2 atom stereocenters. The van der Waals surface area contributed by atoms with Gasteiger partial charge in [0.15, 0.2) is 11.6 Å². The molecule has 0 radical (unpaired) electrons. The number of amides is 2. The fourth-order valence-corrected chi connectivity index (χ4v) is 5.14. The average molecular weight is 569 g/mol. The van der Waals surface area contributed by atoms with Crippen LogP contribution >= 0.6 is 0 Å². The van der Waals surface area contributed by atoms with Crippen molar-refractivity contribution in [3.63, 3.8) is 0 Å². The quantitative estimate of drug-likeness (QED) is 0.288. The van der Waals surface area contributed by atoms with Gasteiger partial charge in [0.1, 0.15) is 11.5 Å². The second-order valence-corrected chi connectivity index (χ2v) is 10.0. The molecule has 5 rings (SSSR count). The van der Waals surface area contributed by atoms with Crippen molar-refractivity contribution >= 4 is 23.5 Å². The van der Waals surface area contributed by atoms with Crippen LogP contribution in [0.4, 0.5) is 11.6 Å². The molecule has 4 aromatic rings. The summed E-state index contributed by atoms with van der Waals surface area (Å²) >= 11 is 0. The van der Waals surface area contributed by atoms with Crippen LogP contribution in [0.3, 0.4) is 0 Å². The molecule has 12 heteroatoms. The van der Waals surface area contributed by atoms with Gasteiger partial charge in [-0.3, -0.25) is 19.6 Å². The fourth-order valence-electron chi connectivity index (χ4n) is 5.14. The Kier molecular flexibility index (Phi) is 9.22. The third-order valence-corrected chi connectivity index (χ3v) is 7.21. The molecule has 0 aromatic carbocycles. The zero-order valence-corrected chi connectivity index (χ0v) is 23.5. The molecular formula is C30H32N8O4. The molecular weight excluding hydrogens is 536 g/mol. The fraction of sp³-hybridized carbons (Fsp3) is 0.333. The summed E-state index contributed by atoms with van der Waals surface area (Å²) in [5.41, 5.74) is 2.87. The van der Waals surface area contributed by atoms with E-state index in [1.165, 1.54) is 0 Å². The van der Waals surface area contributed by atoms with Crippen molar-refractivity contribution in [3.05, 3.63) is 83.7 Å². The van der Waals surface area contributed by atoms with E-state index in [0.29, 0.717) is 34.5 Å². The standard InChI is InChI=1S/C30H32N8O4/c1-41-25-8-4-14-31-23(25)17-29(39)33-27-12-10-21(35-37-27)19-6-3-7-20(16-19)22-11-13-28(38-36-22)34-30(40)18-24-26(42-2)9-5-15-32-24/h4-5,8-15,19-20H,3,6-7,16-18H2,1-2H3,(H,33,37,39)(H,34,38,40). The van der Waals surface area contributed by atoms with Crippen LogP contribution in [0.5, 0.6) is 11.5 Å². The monoisotopic (exact) mass is 568 g/mol. The Morgan fingerprint density at radius 1 is 0.714 bits per heavy atom. The lowest BCUT2D eigenvalue weighted by atomic mass is 9.78. The number of hydrogen-bond acceptors (Lipinski definition) is 10. The molecule has 0 saturated heterocycles. The summed E-state index contributed by atoms with van der Waals surface area (Å²) in [6, 6.07) is 14.4. The highest BCUT2D eigenvalue weighted by Crippen LogP contribution is 2.40. The molecule has 1 aliphatic rings. The van der Waals surface area contributed by atoms with Crippen LogP contribution in [0.2, 0.25) is 0 Å². The molecule has 216 valence electrons. The lowest BCUT2D eigenvalue weighted by Crippen LogP contribution is -2.19. The predicted molar refractivity (Wildman–Crippen MR) is 154 cm³/mol. The number of carbonyl (C=O) groups is 2. The van der Waals surface area contributed by atoms with Crippen LogP contribution in [-0.2, 0) is 22.4 Å². The maximum absolute atomic E-state index is 12.5. The minimum atomic E-state index is -0.249. The summed E-state index contributed by atoms with van der Waals surface area (Å²) in [6.07, 6.45) is 7.26. The van der Waals surface area contributed by atoms with Crippen LogP contribution in [0.1, 0.15) is 60.3 Å². The van der Waals surface area contributed by atoms with E-state index in [9.17, 15) is 9.59 Å². The van der Waals surface area contributed by atoms with Gasteiger partial charge in [-0.05, 0) is 67.8 Å². The van der Waals surface area contributed by atoms with Gasteiger partial charge in [0.05, 0.1) is 49.8 Å². The van der Waals surface area contributed by atoms with E-state index in [0.717, 1.165) is 37.1 Å². The van der Waals surface area contributed by atoms with Crippen molar-refractivity contribution in [2.75, 3.05) is 24.9 Å². The first kappa shape index (κ1) is 28.5. The van der Waals surface area contributed by atoms with Gasteiger partial charge in [-0.1, -0.05) is 6.42 Å². The Morgan fingerprint density at radius 3 is 1.60 bits per heavy atom. The lowest BCUT2D eigenvalue weighted by Gasteiger charge is -2.28. The lowest BCUT2D eigenvalue weighted by molar-refractivity contribution is -0.116. The number of aromatic nitrogens is 6. The van der Waals surface area contributed by atoms with Crippen molar-refractivity contribution in [3.8, 4) is 11.5 Å². The highest BCUT2D eigenvalue weighted by Gasteiger charge is 2.27. The number of hydrogen-bond donors (Lipinski definition) is 2. The zero-order valence-electron chi connectivity index (χ0n) is 23.5. The number of nitrogens with zero attached hydrogens (tertiary/aromatic N) is 6. The molecule has 1 aliphatic carbocycles. The van der Waals surface area contributed by atoms with Crippen molar-refractivity contribution in [2.24, 2.45) is 0 Å². The number of ether oxygens (including phenoxy) is 2.